The van der Waals surface area contributed by atoms with Crippen molar-refractivity contribution < 1.29 is 14.6 Å². The summed E-state index contributed by atoms with van der Waals surface area (Å²) in [5.74, 6) is 3.34. The first-order valence-corrected chi connectivity index (χ1v) is 13.6. The summed E-state index contributed by atoms with van der Waals surface area (Å²) in [6.45, 7) is 11.0. The van der Waals surface area contributed by atoms with Crippen LogP contribution in [0.2, 0.25) is 0 Å². The van der Waals surface area contributed by atoms with Gasteiger partial charge in [0.25, 0.3) is 0 Å². The van der Waals surface area contributed by atoms with E-state index in [-0.39, 0.29) is 11.5 Å². The third kappa shape index (κ3) is 4.24. The van der Waals surface area contributed by atoms with E-state index in [9.17, 15) is 5.11 Å². The largest absolute Gasteiger partial charge is 0.393 e. The predicted molar refractivity (Wildman–Crippen MR) is 124 cm³/mol. The first kappa shape index (κ1) is 22.6. The van der Waals surface area contributed by atoms with Crippen LogP contribution >= 0.6 is 0 Å². The molecule has 4 heteroatoms. The molecule has 4 nitrogen and oxygen atoms in total. The molecule has 0 spiro atoms. The molecule has 5 aliphatic rings. The predicted octanol–water partition coefficient (Wildman–Crippen LogP) is 4.89. The van der Waals surface area contributed by atoms with E-state index in [1.807, 2.05) is 0 Å². The van der Waals surface area contributed by atoms with Crippen LogP contribution in [0.1, 0.15) is 84.5 Å². The lowest BCUT2D eigenvalue weighted by molar-refractivity contribution is -0.142. The van der Waals surface area contributed by atoms with Gasteiger partial charge in [-0.1, -0.05) is 13.8 Å². The van der Waals surface area contributed by atoms with Gasteiger partial charge in [-0.3, -0.25) is 0 Å². The Labute approximate surface area is 190 Å². The van der Waals surface area contributed by atoms with Gasteiger partial charge >= 0.3 is 0 Å². The highest BCUT2D eigenvalue weighted by Crippen LogP contribution is 2.66. The molecule has 8 atom stereocenters. The molecule has 4 saturated carbocycles. The lowest BCUT2D eigenvalue weighted by Crippen LogP contribution is -2.54. The molecule has 1 aliphatic heterocycles. The Morgan fingerprint density at radius 1 is 0.839 bits per heavy atom. The summed E-state index contributed by atoms with van der Waals surface area (Å²) >= 11 is 0. The quantitative estimate of drug-likeness (QED) is 0.581. The summed E-state index contributed by atoms with van der Waals surface area (Å²) in [7, 11) is 0. The van der Waals surface area contributed by atoms with Crippen molar-refractivity contribution in [1.29, 1.82) is 0 Å². The van der Waals surface area contributed by atoms with Crippen molar-refractivity contribution in [2.24, 2.45) is 34.5 Å². The zero-order valence-electron chi connectivity index (χ0n) is 20.2. The van der Waals surface area contributed by atoms with Gasteiger partial charge in [0.1, 0.15) is 0 Å². The summed E-state index contributed by atoms with van der Waals surface area (Å²) in [6, 6.07) is 0. The van der Waals surface area contributed by atoms with Crippen LogP contribution in [0.3, 0.4) is 0 Å². The first-order valence-electron chi connectivity index (χ1n) is 13.6. The maximum absolute atomic E-state index is 10.7. The minimum absolute atomic E-state index is 0.0503. The molecule has 1 heterocycles. The molecule has 31 heavy (non-hydrogen) atoms. The van der Waals surface area contributed by atoms with Gasteiger partial charge in [-0.15, -0.1) is 0 Å². The van der Waals surface area contributed by atoms with Crippen molar-refractivity contribution >= 4 is 0 Å². The summed E-state index contributed by atoms with van der Waals surface area (Å²) in [6.07, 6.45) is 14.6. The SMILES string of the molecule is CC12CCC3C(CCC4CC(OCCOCCN5CCCC5)CCC43C)C1CCC2O. The van der Waals surface area contributed by atoms with E-state index < -0.39 is 0 Å². The Morgan fingerprint density at radius 3 is 2.45 bits per heavy atom. The van der Waals surface area contributed by atoms with Crippen molar-refractivity contribution in [3.63, 3.8) is 0 Å². The molecule has 0 radical (unpaired) electrons. The lowest BCUT2D eigenvalue weighted by Gasteiger charge is -2.60. The summed E-state index contributed by atoms with van der Waals surface area (Å²) in [5.41, 5.74) is 0.712. The Hall–Kier alpha value is -0.160. The second-order valence-electron chi connectivity index (χ2n) is 12.2. The van der Waals surface area contributed by atoms with Gasteiger partial charge in [-0.05, 0) is 118 Å². The molecule has 0 aromatic rings. The van der Waals surface area contributed by atoms with Crippen LogP contribution in [-0.4, -0.2) is 61.7 Å². The molecule has 0 aromatic carbocycles. The fourth-order valence-electron chi connectivity index (χ4n) is 8.92. The van der Waals surface area contributed by atoms with Gasteiger partial charge in [-0.2, -0.15) is 0 Å². The zero-order valence-corrected chi connectivity index (χ0v) is 20.2. The van der Waals surface area contributed by atoms with Crippen molar-refractivity contribution in [3.8, 4) is 0 Å². The molecule has 8 unspecified atom stereocenters. The van der Waals surface area contributed by atoms with Crippen molar-refractivity contribution in [2.75, 3.05) is 39.5 Å². The van der Waals surface area contributed by atoms with E-state index in [1.54, 1.807) is 0 Å². The standard InChI is InChI=1S/C27H47NO3/c1-26-11-9-21(31-18-17-30-16-15-28-13-3-4-14-28)19-20(26)5-6-22-23-7-8-25(29)27(23,2)12-10-24(22)26/h20-25,29H,3-19H2,1-2H3. The van der Waals surface area contributed by atoms with E-state index in [2.05, 4.69) is 18.7 Å². The number of hydrogen-bond donors (Lipinski definition) is 1. The summed E-state index contributed by atoms with van der Waals surface area (Å²) in [5, 5.41) is 10.7. The molecule has 0 aromatic heterocycles. The summed E-state index contributed by atoms with van der Waals surface area (Å²) < 4.78 is 12.2. The molecule has 4 aliphatic carbocycles. The Balaban J connectivity index is 1.08. The molecule has 178 valence electrons. The number of fused-ring (bicyclic) bond motifs is 5. The second kappa shape index (κ2) is 9.24. The number of likely N-dealkylation sites (tertiary alicyclic amines) is 1. The van der Waals surface area contributed by atoms with Crippen LogP contribution in [0, 0.1) is 34.5 Å². The fourth-order valence-corrected chi connectivity index (χ4v) is 8.92. The molecular weight excluding hydrogens is 386 g/mol. The van der Waals surface area contributed by atoms with Crippen LogP contribution in [0.25, 0.3) is 0 Å². The third-order valence-electron chi connectivity index (χ3n) is 10.9. The van der Waals surface area contributed by atoms with Crippen LogP contribution in [-0.2, 0) is 9.47 Å². The number of hydrogen-bond acceptors (Lipinski definition) is 4. The van der Waals surface area contributed by atoms with Crippen LogP contribution < -0.4 is 0 Å². The van der Waals surface area contributed by atoms with Crippen LogP contribution in [0.4, 0.5) is 0 Å². The monoisotopic (exact) mass is 433 g/mol. The minimum atomic E-state index is -0.0503. The minimum Gasteiger partial charge on any atom is -0.393 e. The fraction of sp³-hybridized carbons (Fsp3) is 1.00. The van der Waals surface area contributed by atoms with Crippen LogP contribution in [0.5, 0.6) is 0 Å². The van der Waals surface area contributed by atoms with Gasteiger partial charge in [-0.25, -0.2) is 0 Å². The van der Waals surface area contributed by atoms with E-state index in [1.165, 1.54) is 77.3 Å². The number of aliphatic hydroxyl groups excluding tert-OH is 1. The molecule has 5 rings (SSSR count). The van der Waals surface area contributed by atoms with Gasteiger partial charge in [0.15, 0.2) is 0 Å². The molecule has 5 fully saturated rings. The van der Waals surface area contributed by atoms with Crippen molar-refractivity contribution in [3.05, 3.63) is 0 Å². The first-order chi connectivity index (χ1) is 15.0. The average molecular weight is 434 g/mol. The van der Waals surface area contributed by atoms with E-state index in [4.69, 9.17) is 9.47 Å². The molecule has 0 bridgehead atoms. The van der Waals surface area contributed by atoms with Crippen LogP contribution in [0.15, 0.2) is 0 Å². The summed E-state index contributed by atoms with van der Waals surface area (Å²) in [4.78, 5) is 2.51. The maximum atomic E-state index is 10.7. The number of rotatable bonds is 7. The molecular formula is C27H47NO3. The Bertz CT molecular complexity index is 607. The third-order valence-corrected chi connectivity index (χ3v) is 10.9. The topological polar surface area (TPSA) is 41.9 Å². The maximum Gasteiger partial charge on any atom is 0.0704 e. The molecule has 1 N–H and O–H groups in total. The Kier molecular flexibility index (Phi) is 6.74. The van der Waals surface area contributed by atoms with Gasteiger partial charge in [0.05, 0.1) is 32.0 Å². The lowest BCUT2D eigenvalue weighted by atomic mass is 9.45. The average Bonchev–Trinajstić information content (AvgIpc) is 3.38. The highest BCUT2D eigenvalue weighted by atomic mass is 16.5. The van der Waals surface area contributed by atoms with E-state index in [0.29, 0.717) is 11.5 Å². The number of aliphatic hydroxyl groups is 1. The van der Waals surface area contributed by atoms with E-state index >= 15 is 0 Å². The zero-order chi connectivity index (χ0) is 21.5. The van der Waals surface area contributed by atoms with Gasteiger partial charge < -0.3 is 19.5 Å². The van der Waals surface area contributed by atoms with Crippen molar-refractivity contribution in [2.45, 2.75) is 96.7 Å². The second-order valence-corrected chi connectivity index (χ2v) is 12.2. The van der Waals surface area contributed by atoms with Gasteiger partial charge in [0.2, 0.25) is 0 Å². The highest BCUT2D eigenvalue weighted by molar-refractivity contribution is 5.09. The van der Waals surface area contributed by atoms with E-state index in [0.717, 1.165) is 56.5 Å². The number of nitrogens with zero attached hydrogens (tertiary/aromatic N) is 1. The Morgan fingerprint density at radius 2 is 1.61 bits per heavy atom. The smallest absolute Gasteiger partial charge is 0.0704 e. The normalized spacial score (nSPS) is 47.7. The molecule has 0 amide bonds. The number of ether oxygens (including phenoxy) is 2. The van der Waals surface area contributed by atoms with Gasteiger partial charge in [0, 0.05) is 6.54 Å². The molecule has 1 saturated heterocycles. The van der Waals surface area contributed by atoms with Crippen molar-refractivity contribution in [1.82, 2.24) is 4.90 Å². The highest BCUT2D eigenvalue weighted by Gasteiger charge is 2.60.